The van der Waals surface area contributed by atoms with E-state index >= 15 is 0 Å². The van der Waals surface area contributed by atoms with Gasteiger partial charge in [-0.25, -0.2) is 15.0 Å². The van der Waals surface area contributed by atoms with Crippen molar-refractivity contribution in [3.63, 3.8) is 0 Å². The third-order valence-electron chi connectivity index (χ3n) is 5.30. The molecule has 4 aromatic rings. The van der Waals surface area contributed by atoms with Crippen LogP contribution >= 0.6 is 0 Å². The molecule has 1 amide bonds. The molecule has 1 atom stereocenters. The second-order valence-corrected chi connectivity index (χ2v) is 8.30. The first-order valence-electron chi connectivity index (χ1n) is 11.3. The lowest BCUT2D eigenvalue weighted by molar-refractivity contribution is -0.111. The van der Waals surface area contributed by atoms with E-state index in [2.05, 4.69) is 30.6 Å². The molecule has 0 saturated carbocycles. The molecule has 3 N–H and O–H groups in total. The van der Waals surface area contributed by atoms with Crippen molar-refractivity contribution in [3.05, 3.63) is 78.6 Å². The maximum Gasteiger partial charge on any atom is 0.248 e. The Morgan fingerprint density at radius 3 is 2.60 bits per heavy atom. The third kappa shape index (κ3) is 6.28. The van der Waals surface area contributed by atoms with Crippen molar-refractivity contribution in [3.8, 4) is 11.4 Å². The summed E-state index contributed by atoms with van der Waals surface area (Å²) in [5.41, 5.74) is 3.94. The number of H-pyrrole nitrogens is 1. The minimum Gasteiger partial charge on any atom is -0.382 e. The number of rotatable bonds is 10. The number of nitrogens with one attached hydrogen (secondary N) is 3. The summed E-state index contributed by atoms with van der Waals surface area (Å²) >= 11 is 0. The zero-order valence-corrected chi connectivity index (χ0v) is 20.0. The normalized spacial score (nSPS) is 12.3. The van der Waals surface area contributed by atoms with Crippen molar-refractivity contribution in [1.82, 2.24) is 24.8 Å². The van der Waals surface area contributed by atoms with Gasteiger partial charge in [0.25, 0.3) is 0 Å². The van der Waals surface area contributed by atoms with Crippen LogP contribution < -0.4 is 10.6 Å². The number of aromatic amines is 1. The Kier molecular flexibility index (Phi) is 7.81. The molecule has 9 nitrogen and oxygen atoms in total. The SMILES string of the molecule is COC[C@@H](Nc1ncnc2nc(-c3ccc(NC(=O)C=CCN(C)C)cc3)[nH]c12)c1ccccc1. The number of hydrogen-bond donors (Lipinski definition) is 3. The maximum atomic E-state index is 12.1. The highest BCUT2D eigenvalue weighted by Gasteiger charge is 2.16. The molecule has 0 aliphatic carbocycles. The summed E-state index contributed by atoms with van der Waals surface area (Å²) in [6.45, 7) is 1.18. The van der Waals surface area contributed by atoms with E-state index in [1.807, 2.05) is 79.7 Å². The number of imidazole rings is 1. The van der Waals surface area contributed by atoms with Crippen molar-refractivity contribution in [1.29, 1.82) is 0 Å². The Labute approximate surface area is 204 Å². The molecule has 0 aliphatic heterocycles. The first kappa shape index (κ1) is 24.1. The fraction of sp³-hybridized carbons (Fsp3) is 0.231. The molecule has 0 aliphatic rings. The summed E-state index contributed by atoms with van der Waals surface area (Å²) in [4.78, 5) is 30.8. The van der Waals surface area contributed by atoms with Gasteiger partial charge in [-0.2, -0.15) is 0 Å². The van der Waals surface area contributed by atoms with Gasteiger partial charge < -0.3 is 25.3 Å². The Bertz CT molecular complexity index is 1280. The Balaban J connectivity index is 1.52. The number of carbonyl (C=O) groups is 1. The van der Waals surface area contributed by atoms with Crippen LogP contribution in [0.5, 0.6) is 0 Å². The molecule has 2 aromatic carbocycles. The lowest BCUT2D eigenvalue weighted by Crippen LogP contribution is -2.17. The van der Waals surface area contributed by atoms with Crippen LogP contribution in [0.4, 0.5) is 11.5 Å². The summed E-state index contributed by atoms with van der Waals surface area (Å²) in [5.74, 6) is 1.14. The monoisotopic (exact) mass is 471 g/mol. The van der Waals surface area contributed by atoms with E-state index < -0.39 is 0 Å². The van der Waals surface area contributed by atoms with Crippen molar-refractivity contribution in [2.45, 2.75) is 6.04 Å². The van der Waals surface area contributed by atoms with Crippen LogP contribution in [0.15, 0.2) is 73.1 Å². The number of benzene rings is 2. The number of nitrogens with zero attached hydrogens (tertiary/aromatic N) is 4. The summed E-state index contributed by atoms with van der Waals surface area (Å²) < 4.78 is 5.42. The molecule has 0 radical (unpaired) electrons. The predicted molar refractivity (Wildman–Crippen MR) is 138 cm³/mol. The Hall–Kier alpha value is -4.08. The zero-order chi connectivity index (χ0) is 24.6. The van der Waals surface area contributed by atoms with Crippen LogP contribution in [-0.2, 0) is 9.53 Å². The number of aromatic nitrogens is 4. The molecule has 0 fully saturated rings. The molecule has 0 unspecified atom stereocenters. The van der Waals surface area contributed by atoms with Crippen LogP contribution in [0.2, 0.25) is 0 Å². The first-order valence-corrected chi connectivity index (χ1v) is 11.3. The Morgan fingerprint density at radius 2 is 1.89 bits per heavy atom. The average molecular weight is 472 g/mol. The van der Waals surface area contributed by atoms with Crippen LogP contribution in [0.25, 0.3) is 22.6 Å². The largest absolute Gasteiger partial charge is 0.382 e. The average Bonchev–Trinajstić information content (AvgIpc) is 3.30. The molecule has 4 rings (SSSR count). The van der Waals surface area contributed by atoms with Crippen molar-refractivity contribution in [2.24, 2.45) is 0 Å². The highest BCUT2D eigenvalue weighted by atomic mass is 16.5. The smallest absolute Gasteiger partial charge is 0.248 e. The van der Waals surface area contributed by atoms with E-state index in [4.69, 9.17) is 4.74 Å². The first-order chi connectivity index (χ1) is 17.0. The molecule has 0 saturated heterocycles. The van der Waals surface area contributed by atoms with Gasteiger partial charge in [-0.05, 0) is 43.9 Å². The summed E-state index contributed by atoms with van der Waals surface area (Å²) in [6.07, 6.45) is 4.85. The van der Waals surface area contributed by atoms with Crippen LogP contribution in [0, 0.1) is 0 Å². The van der Waals surface area contributed by atoms with Gasteiger partial charge in [-0.3, -0.25) is 4.79 Å². The van der Waals surface area contributed by atoms with E-state index in [1.54, 1.807) is 7.11 Å². The number of anilines is 2. The second kappa shape index (κ2) is 11.4. The van der Waals surface area contributed by atoms with E-state index in [0.717, 1.165) is 11.1 Å². The van der Waals surface area contributed by atoms with Gasteiger partial charge in [-0.1, -0.05) is 36.4 Å². The standard InChI is InChI=1S/C26H29N7O2/c1-33(2)15-7-10-22(34)29-20-13-11-19(12-14-20)24-31-23-25(27-17-28-26(23)32-24)30-21(16-35-3)18-8-5-4-6-9-18/h4-14,17,21H,15-16H2,1-3H3,(H,29,34)(H2,27,28,30,31,32)/t21-/m1/s1. The second-order valence-electron chi connectivity index (χ2n) is 8.30. The zero-order valence-electron chi connectivity index (χ0n) is 20.0. The quantitative estimate of drug-likeness (QED) is 0.301. The molecule has 0 spiro atoms. The summed E-state index contributed by atoms with van der Waals surface area (Å²) in [6, 6.07) is 17.5. The van der Waals surface area contributed by atoms with Gasteiger partial charge in [0.05, 0.1) is 12.6 Å². The number of amides is 1. The van der Waals surface area contributed by atoms with E-state index in [9.17, 15) is 4.79 Å². The number of methoxy groups -OCH3 is 1. The molecular formula is C26H29N7O2. The van der Waals surface area contributed by atoms with Crippen molar-refractivity contribution in [2.75, 3.05) is 45.0 Å². The number of ether oxygens (including phenoxy) is 1. The van der Waals surface area contributed by atoms with Gasteiger partial charge in [-0.15, -0.1) is 0 Å². The fourth-order valence-corrected chi connectivity index (χ4v) is 3.58. The predicted octanol–water partition coefficient (Wildman–Crippen LogP) is 3.88. The van der Waals surface area contributed by atoms with Gasteiger partial charge >= 0.3 is 0 Å². The van der Waals surface area contributed by atoms with Crippen LogP contribution in [0.3, 0.4) is 0 Å². The highest BCUT2D eigenvalue weighted by Crippen LogP contribution is 2.27. The summed E-state index contributed by atoms with van der Waals surface area (Å²) in [7, 11) is 5.57. The van der Waals surface area contributed by atoms with Gasteiger partial charge in [0.2, 0.25) is 5.91 Å². The molecule has 2 aromatic heterocycles. The lowest BCUT2D eigenvalue weighted by atomic mass is 10.1. The van der Waals surface area contributed by atoms with Crippen LogP contribution in [0.1, 0.15) is 11.6 Å². The maximum absolute atomic E-state index is 12.1. The van der Waals surface area contributed by atoms with Gasteiger partial charge in [0.1, 0.15) is 17.7 Å². The van der Waals surface area contributed by atoms with Crippen molar-refractivity contribution >= 4 is 28.6 Å². The van der Waals surface area contributed by atoms with Crippen molar-refractivity contribution < 1.29 is 9.53 Å². The fourth-order valence-electron chi connectivity index (χ4n) is 3.58. The van der Waals surface area contributed by atoms with Crippen LogP contribution in [-0.4, -0.2) is 65.1 Å². The van der Waals surface area contributed by atoms with Gasteiger partial charge in [0.15, 0.2) is 11.5 Å². The molecule has 0 bridgehead atoms. The molecule has 35 heavy (non-hydrogen) atoms. The number of hydrogen-bond acceptors (Lipinski definition) is 7. The minimum absolute atomic E-state index is 0.0827. The van der Waals surface area contributed by atoms with E-state index in [0.29, 0.717) is 41.6 Å². The molecule has 2 heterocycles. The van der Waals surface area contributed by atoms with E-state index in [1.165, 1.54) is 12.4 Å². The molecule has 180 valence electrons. The highest BCUT2D eigenvalue weighted by molar-refractivity contribution is 5.99. The van der Waals surface area contributed by atoms with E-state index in [-0.39, 0.29) is 11.9 Å². The molecular weight excluding hydrogens is 442 g/mol. The number of fused-ring (bicyclic) bond motifs is 1. The third-order valence-corrected chi connectivity index (χ3v) is 5.30. The van der Waals surface area contributed by atoms with Gasteiger partial charge in [0, 0.05) is 31.0 Å². The topological polar surface area (TPSA) is 108 Å². The lowest BCUT2D eigenvalue weighted by Gasteiger charge is -2.19. The summed E-state index contributed by atoms with van der Waals surface area (Å²) in [5, 5.41) is 6.31. The molecule has 9 heteroatoms. The number of carbonyl (C=O) groups excluding carboxylic acids is 1. The number of likely N-dealkylation sites (N-methyl/N-ethyl adjacent to an activating group) is 1. The minimum atomic E-state index is -0.168. The Morgan fingerprint density at radius 1 is 1.11 bits per heavy atom.